The van der Waals surface area contributed by atoms with Crippen LogP contribution in [0.25, 0.3) is 0 Å². The van der Waals surface area contributed by atoms with E-state index in [9.17, 15) is 0 Å². The molecule has 18 heavy (non-hydrogen) atoms. The van der Waals surface area contributed by atoms with Crippen LogP contribution in [-0.4, -0.2) is 30.6 Å². The number of nitrogens with zero attached hydrogens (tertiary/aromatic N) is 1. The second-order valence-corrected chi connectivity index (χ2v) is 6.85. The third-order valence-electron chi connectivity index (χ3n) is 3.68. The number of thiophene rings is 1. The fourth-order valence-electron chi connectivity index (χ4n) is 2.66. The van der Waals surface area contributed by atoms with Crippen LogP contribution >= 0.6 is 22.9 Å². The Balaban J connectivity index is 1.98. The quantitative estimate of drug-likeness (QED) is 0.852. The molecule has 1 aliphatic rings. The summed E-state index contributed by atoms with van der Waals surface area (Å²) in [5.74, 6) is 0. The molecular weight excluding hydrogens is 264 g/mol. The van der Waals surface area contributed by atoms with Crippen molar-refractivity contribution in [3.63, 3.8) is 0 Å². The lowest BCUT2D eigenvalue weighted by Crippen LogP contribution is -2.39. The molecule has 2 heterocycles. The molecule has 1 fully saturated rings. The van der Waals surface area contributed by atoms with E-state index in [0.717, 1.165) is 17.4 Å². The molecule has 4 heteroatoms. The molecular formula is C14H23ClN2S. The molecule has 2 unspecified atom stereocenters. The minimum absolute atomic E-state index is 0.477. The minimum Gasteiger partial charge on any atom is -0.313 e. The molecule has 0 amide bonds. The highest BCUT2D eigenvalue weighted by molar-refractivity contribution is 7.16. The van der Waals surface area contributed by atoms with E-state index in [2.05, 4.69) is 30.1 Å². The predicted molar refractivity (Wildman–Crippen MR) is 80.6 cm³/mol. The first-order valence-electron chi connectivity index (χ1n) is 6.93. The first kappa shape index (κ1) is 14.3. The summed E-state index contributed by atoms with van der Waals surface area (Å²) in [5, 5.41) is 3.59. The number of nitrogens with one attached hydrogen (secondary N) is 1. The van der Waals surface area contributed by atoms with Crippen molar-refractivity contribution in [1.82, 2.24) is 10.2 Å². The summed E-state index contributed by atoms with van der Waals surface area (Å²) in [6.07, 6.45) is 3.85. The van der Waals surface area contributed by atoms with E-state index in [-0.39, 0.29) is 0 Å². The maximum Gasteiger partial charge on any atom is 0.0931 e. The number of hydrogen-bond donors (Lipinski definition) is 1. The van der Waals surface area contributed by atoms with E-state index in [4.69, 9.17) is 11.6 Å². The van der Waals surface area contributed by atoms with Gasteiger partial charge in [-0.1, -0.05) is 18.5 Å². The van der Waals surface area contributed by atoms with Crippen LogP contribution in [0.15, 0.2) is 12.1 Å². The Kier molecular flexibility index (Phi) is 5.49. The molecule has 0 saturated carbocycles. The lowest BCUT2D eigenvalue weighted by atomic mass is 10.1. The largest absolute Gasteiger partial charge is 0.313 e. The first-order chi connectivity index (χ1) is 8.70. The van der Waals surface area contributed by atoms with Gasteiger partial charge in [-0.05, 0) is 51.4 Å². The second-order valence-electron chi connectivity index (χ2n) is 5.11. The molecule has 1 N–H and O–H groups in total. The van der Waals surface area contributed by atoms with Crippen molar-refractivity contribution in [3.05, 3.63) is 21.3 Å². The molecule has 1 aromatic heterocycles. The number of hydrogen-bond acceptors (Lipinski definition) is 3. The van der Waals surface area contributed by atoms with Gasteiger partial charge >= 0.3 is 0 Å². The molecule has 2 atom stereocenters. The molecule has 2 rings (SSSR count). The average Bonchev–Trinajstić information content (AvgIpc) is 2.99. The lowest BCUT2D eigenvalue weighted by molar-refractivity contribution is 0.195. The highest BCUT2D eigenvalue weighted by Gasteiger charge is 2.22. The van der Waals surface area contributed by atoms with Crippen molar-refractivity contribution in [2.45, 2.75) is 45.2 Å². The standard InChI is InChI=1S/C14H23ClN2S/c1-3-9-17(10-12-5-4-8-16-12)11(2)13-6-7-14(15)18-13/h6-7,11-12,16H,3-5,8-10H2,1-2H3. The molecule has 2 nitrogen and oxygen atoms in total. The van der Waals surface area contributed by atoms with Gasteiger partial charge in [-0.2, -0.15) is 0 Å². The van der Waals surface area contributed by atoms with E-state index in [1.54, 1.807) is 11.3 Å². The smallest absolute Gasteiger partial charge is 0.0931 e. The lowest BCUT2D eigenvalue weighted by Gasteiger charge is -2.30. The van der Waals surface area contributed by atoms with E-state index in [1.165, 1.54) is 30.7 Å². The van der Waals surface area contributed by atoms with Crippen LogP contribution in [0, 0.1) is 0 Å². The van der Waals surface area contributed by atoms with E-state index in [1.807, 2.05) is 6.07 Å². The van der Waals surface area contributed by atoms with Gasteiger partial charge in [0, 0.05) is 23.5 Å². The summed E-state index contributed by atoms with van der Waals surface area (Å²) in [4.78, 5) is 3.97. The van der Waals surface area contributed by atoms with Crippen molar-refractivity contribution in [1.29, 1.82) is 0 Å². The van der Waals surface area contributed by atoms with Gasteiger partial charge in [0.25, 0.3) is 0 Å². The maximum absolute atomic E-state index is 6.04. The molecule has 1 aromatic rings. The molecule has 1 saturated heterocycles. The third kappa shape index (κ3) is 3.70. The maximum atomic E-state index is 6.04. The summed E-state index contributed by atoms with van der Waals surface area (Å²) in [6, 6.07) is 5.33. The zero-order valence-corrected chi connectivity index (χ0v) is 12.9. The summed E-state index contributed by atoms with van der Waals surface area (Å²) >= 11 is 7.76. The van der Waals surface area contributed by atoms with Crippen molar-refractivity contribution in [3.8, 4) is 0 Å². The van der Waals surface area contributed by atoms with Crippen LogP contribution in [-0.2, 0) is 0 Å². The first-order valence-corrected chi connectivity index (χ1v) is 8.12. The molecule has 0 aliphatic carbocycles. The zero-order valence-electron chi connectivity index (χ0n) is 11.3. The van der Waals surface area contributed by atoms with Crippen LogP contribution in [0.3, 0.4) is 0 Å². The Bertz CT molecular complexity index is 360. The molecule has 0 radical (unpaired) electrons. The molecule has 0 bridgehead atoms. The van der Waals surface area contributed by atoms with Gasteiger partial charge in [0.05, 0.1) is 4.34 Å². The van der Waals surface area contributed by atoms with Gasteiger partial charge in [-0.15, -0.1) is 11.3 Å². The monoisotopic (exact) mass is 286 g/mol. The third-order valence-corrected chi connectivity index (χ3v) is 5.08. The van der Waals surface area contributed by atoms with Crippen molar-refractivity contribution < 1.29 is 0 Å². The number of rotatable bonds is 6. The van der Waals surface area contributed by atoms with Crippen molar-refractivity contribution in [2.75, 3.05) is 19.6 Å². The van der Waals surface area contributed by atoms with Crippen molar-refractivity contribution >= 4 is 22.9 Å². The highest BCUT2D eigenvalue weighted by Crippen LogP contribution is 2.30. The van der Waals surface area contributed by atoms with Crippen LogP contribution in [0.4, 0.5) is 0 Å². The van der Waals surface area contributed by atoms with E-state index < -0.39 is 0 Å². The summed E-state index contributed by atoms with van der Waals surface area (Å²) in [6.45, 7) is 8.05. The van der Waals surface area contributed by atoms with Gasteiger partial charge in [0.1, 0.15) is 0 Å². The Morgan fingerprint density at radius 2 is 2.39 bits per heavy atom. The van der Waals surface area contributed by atoms with Gasteiger partial charge < -0.3 is 5.32 Å². The van der Waals surface area contributed by atoms with Gasteiger partial charge in [-0.25, -0.2) is 0 Å². The number of halogens is 1. The van der Waals surface area contributed by atoms with Crippen LogP contribution in [0.5, 0.6) is 0 Å². The SMILES string of the molecule is CCCN(CC1CCCN1)C(C)c1ccc(Cl)s1. The molecule has 0 aromatic carbocycles. The highest BCUT2D eigenvalue weighted by atomic mass is 35.5. The topological polar surface area (TPSA) is 15.3 Å². The van der Waals surface area contributed by atoms with Crippen molar-refractivity contribution in [2.24, 2.45) is 0 Å². The zero-order chi connectivity index (χ0) is 13.0. The van der Waals surface area contributed by atoms with Gasteiger partial charge in [0.15, 0.2) is 0 Å². The van der Waals surface area contributed by atoms with E-state index in [0.29, 0.717) is 12.1 Å². The summed E-state index contributed by atoms with van der Waals surface area (Å²) < 4.78 is 0.896. The molecule has 102 valence electrons. The fourth-order valence-corrected chi connectivity index (χ4v) is 3.81. The summed E-state index contributed by atoms with van der Waals surface area (Å²) in [7, 11) is 0. The second kappa shape index (κ2) is 6.90. The van der Waals surface area contributed by atoms with Crippen LogP contribution in [0.2, 0.25) is 4.34 Å². The molecule has 0 spiro atoms. The normalized spacial score (nSPS) is 21.7. The van der Waals surface area contributed by atoms with Crippen LogP contribution < -0.4 is 5.32 Å². The fraction of sp³-hybridized carbons (Fsp3) is 0.714. The Morgan fingerprint density at radius 3 is 2.94 bits per heavy atom. The minimum atomic E-state index is 0.477. The van der Waals surface area contributed by atoms with E-state index >= 15 is 0 Å². The Hall–Kier alpha value is -0.0900. The predicted octanol–water partition coefficient (Wildman–Crippen LogP) is 3.93. The average molecular weight is 287 g/mol. The Labute approximate surface area is 119 Å². The van der Waals surface area contributed by atoms with Gasteiger partial charge in [0.2, 0.25) is 0 Å². The Morgan fingerprint density at radius 1 is 1.56 bits per heavy atom. The van der Waals surface area contributed by atoms with Crippen LogP contribution in [0.1, 0.15) is 44.0 Å². The summed E-state index contributed by atoms with van der Waals surface area (Å²) in [5.41, 5.74) is 0. The van der Waals surface area contributed by atoms with Gasteiger partial charge in [-0.3, -0.25) is 4.90 Å². The molecule has 1 aliphatic heterocycles.